The zero-order valence-electron chi connectivity index (χ0n) is 16.1. The summed E-state index contributed by atoms with van der Waals surface area (Å²) in [4.78, 5) is 15.7. The van der Waals surface area contributed by atoms with E-state index in [4.69, 9.17) is 0 Å². The van der Waals surface area contributed by atoms with Gasteiger partial charge in [-0.25, -0.2) is 0 Å². The summed E-state index contributed by atoms with van der Waals surface area (Å²) in [6.07, 6.45) is 11.5. The van der Waals surface area contributed by atoms with Crippen molar-refractivity contribution in [2.45, 2.75) is 96.3 Å². The Labute approximate surface area is 152 Å². The maximum Gasteiger partial charge on any atom is 0.249 e. The molecule has 0 aromatic heterocycles. The number of amides is 1. The van der Waals surface area contributed by atoms with Gasteiger partial charge in [0.1, 0.15) is 0 Å². The molecule has 1 amide bonds. The monoisotopic (exact) mass is 345 g/mol. The molecular weight excluding hydrogens is 310 g/mol. The summed E-state index contributed by atoms with van der Waals surface area (Å²) in [7, 11) is 0. The molecule has 4 heteroatoms. The summed E-state index contributed by atoms with van der Waals surface area (Å²) in [5, 5.41) is 0. The van der Waals surface area contributed by atoms with Crippen LogP contribution in [0.5, 0.6) is 0 Å². The van der Waals surface area contributed by atoms with E-state index in [0.29, 0.717) is 36.0 Å². The minimum atomic E-state index is 0.375. The zero-order valence-corrected chi connectivity index (χ0v) is 16.1. The van der Waals surface area contributed by atoms with Crippen LogP contribution in [0.2, 0.25) is 0 Å². The van der Waals surface area contributed by atoms with E-state index < -0.39 is 0 Å². The van der Waals surface area contributed by atoms with E-state index in [0.717, 1.165) is 43.1 Å². The number of carbonyl (C=O) groups excluding carboxylic acids is 1. The first-order chi connectivity index (χ1) is 12.0. The minimum Gasteiger partial charge on any atom is -0.333 e. The maximum atomic E-state index is 13.4. The molecule has 2 saturated carbocycles. The molecule has 0 spiro atoms. The molecule has 0 aromatic rings. The van der Waals surface area contributed by atoms with Crippen LogP contribution in [0.3, 0.4) is 0 Å². The maximum absolute atomic E-state index is 13.4. The Morgan fingerprint density at radius 1 is 1.12 bits per heavy atom. The number of fused-ring (bicyclic) bond motifs is 1. The van der Waals surface area contributed by atoms with Crippen LogP contribution in [-0.4, -0.2) is 35.0 Å². The van der Waals surface area contributed by atoms with Crippen molar-refractivity contribution >= 4 is 5.91 Å². The third-order valence-corrected chi connectivity index (χ3v) is 7.25. The summed E-state index contributed by atoms with van der Waals surface area (Å²) in [6.45, 7) is 6.90. The fraction of sp³-hybridized carbons (Fsp3) is 0.857. The first-order valence-corrected chi connectivity index (χ1v) is 10.6. The number of allylic oxidation sites excluding steroid dienone is 1. The van der Waals surface area contributed by atoms with Gasteiger partial charge in [0.15, 0.2) is 0 Å². The second kappa shape index (κ2) is 7.03. The lowest BCUT2D eigenvalue weighted by molar-refractivity contribution is -0.131. The van der Waals surface area contributed by atoms with Gasteiger partial charge in [0.05, 0.1) is 0 Å². The van der Waals surface area contributed by atoms with Crippen molar-refractivity contribution in [1.82, 2.24) is 15.8 Å². The molecule has 4 aliphatic rings. The zero-order chi connectivity index (χ0) is 17.6. The molecule has 140 valence electrons. The van der Waals surface area contributed by atoms with E-state index in [1.807, 2.05) is 0 Å². The summed E-state index contributed by atoms with van der Waals surface area (Å²) in [5.41, 5.74) is 7.98. The number of hydrazine groups is 1. The van der Waals surface area contributed by atoms with Crippen molar-refractivity contribution in [3.8, 4) is 0 Å². The SMILES string of the molecule is CC(C)C1CC=C(C(=O)N(C2CC2)C2CCC3NNC(C)C3C2)CC1. The highest BCUT2D eigenvalue weighted by molar-refractivity contribution is 5.94. The lowest BCUT2D eigenvalue weighted by Crippen LogP contribution is -2.48. The topological polar surface area (TPSA) is 44.4 Å². The van der Waals surface area contributed by atoms with Gasteiger partial charge in [-0.1, -0.05) is 19.9 Å². The highest BCUT2D eigenvalue weighted by Crippen LogP contribution is 2.40. The van der Waals surface area contributed by atoms with Crippen LogP contribution in [0.15, 0.2) is 11.6 Å². The van der Waals surface area contributed by atoms with Crippen LogP contribution in [0.25, 0.3) is 0 Å². The number of hydrogen-bond acceptors (Lipinski definition) is 3. The molecule has 0 radical (unpaired) electrons. The van der Waals surface area contributed by atoms with Gasteiger partial charge in [-0.15, -0.1) is 0 Å². The summed E-state index contributed by atoms with van der Waals surface area (Å²) < 4.78 is 0. The molecular formula is C21H35N3O. The molecule has 4 nitrogen and oxygen atoms in total. The predicted octanol–water partition coefficient (Wildman–Crippen LogP) is 3.39. The van der Waals surface area contributed by atoms with Gasteiger partial charge in [0.2, 0.25) is 5.91 Å². The lowest BCUT2D eigenvalue weighted by Gasteiger charge is -2.40. The summed E-state index contributed by atoms with van der Waals surface area (Å²) in [6, 6.07) is 2.09. The molecule has 1 saturated heterocycles. The minimum absolute atomic E-state index is 0.375. The predicted molar refractivity (Wildman–Crippen MR) is 101 cm³/mol. The Kier molecular flexibility index (Phi) is 4.93. The van der Waals surface area contributed by atoms with Crippen molar-refractivity contribution in [3.63, 3.8) is 0 Å². The fourth-order valence-corrected chi connectivity index (χ4v) is 5.31. The molecule has 4 rings (SSSR count). The first kappa shape index (κ1) is 17.5. The largest absolute Gasteiger partial charge is 0.333 e. The van der Waals surface area contributed by atoms with Gasteiger partial charge in [-0.2, -0.15) is 0 Å². The third kappa shape index (κ3) is 3.52. The number of nitrogens with one attached hydrogen (secondary N) is 2. The van der Waals surface area contributed by atoms with Crippen LogP contribution >= 0.6 is 0 Å². The van der Waals surface area contributed by atoms with Crippen LogP contribution in [0, 0.1) is 17.8 Å². The van der Waals surface area contributed by atoms with E-state index in [2.05, 4.69) is 42.6 Å². The standard InChI is InChI=1S/C21H35N3O/c1-13(2)15-4-6-16(7-5-15)21(25)24(17-8-9-17)18-10-11-20-19(12-18)14(3)22-23-20/h6,13-15,17-20,22-23H,4-5,7-12H2,1-3H3. The molecule has 5 unspecified atom stereocenters. The first-order valence-electron chi connectivity index (χ1n) is 10.6. The molecule has 1 heterocycles. The molecule has 0 bridgehead atoms. The second-order valence-electron chi connectivity index (χ2n) is 9.27. The van der Waals surface area contributed by atoms with Gasteiger partial charge in [0, 0.05) is 29.7 Å². The lowest BCUT2D eigenvalue weighted by atomic mass is 9.78. The van der Waals surface area contributed by atoms with Gasteiger partial charge in [-0.3, -0.25) is 15.6 Å². The molecule has 5 atom stereocenters. The van der Waals surface area contributed by atoms with Crippen molar-refractivity contribution < 1.29 is 4.79 Å². The van der Waals surface area contributed by atoms with Crippen molar-refractivity contribution in [1.29, 1.82) is 0 Å². The Morgan fingerprint density at radius 2 is 1.88 bits per heavy atom. The summed E-state index contributed by atoms with van der Waals surface area (Å²) in [5.74, 6) is 2.53. The molecule has 3 aliphatic carbocycles. The van der Waals surface area contributed by atoms with E-state index in [-0.39, 0.29) is 0 Å². The summed E-state index contributed by atoms with van der Waals surface area (Å²) >= 11 is 0. The quantitative estimate of drug-likeness (QED) is 0.821. The fourth-order valence-electron chi connectivity index (χ4n) is 5.31. The number of nitrogens with zero attached hydrogens (tertiary/aromatic N) is 1. The van der Waals surface area contributed by atoms with Crippen LogP contribution in [-0.2, 0) is 4.79 Å². The van der Waals surface area contributed by atoms with Gasteiger partial charge in [0.25, 0.3) is 0 Å². The highest BCUT2D eigenvalue weighted by atomic mass is 16.2. The van der Waals surface area contributed by atoms with E-state index >= 15 is 0 Å². The Bertz CT molecular complexity index is 539. The second-order valence-corrected chi connectivity index (χ2v) is 9.27. The molecule has 3 fully saturated rings. The Balaban J connectivity index is 1.45. The van der Waals surface area contributed by atoms with Crippen LogP contribution < -0.4 is 10.9 Å². The van der Waals surface area contributed by atoms with E-state index in [1.165, 1.54) is 25.7 Å². The van der Waals surface area contributed by atoms with E-state index in [9.17, 15) is 4.79 Å². The molecule has 0 aromatic carbocycles. The number of hydrogen-bond donors (Lipinski definition) is 2. The van der Waals surface area contributed by atoms with Crippen molar-refractivity contribution in [3.05, 3.63) is 11.6 Å². The van der Waals surface area contributed by atoms with Crippen LogP contribution in [0.4, 0.5) is 0 Å². The Hall–Kier alpha value is -0.870. The number of rotatable bonds is 4. The van der Waals surface area contributed by atoms with Crippen molar-refractivity contribution in [2.75, 3.05) is 0 Å². The molecule has 25 heavy (non-hydrogen) atoms. The molecule has 1 aliphatic heterocycles. The van der Waals surface area contributed by atoms with Crippen LogP contribution in [0.1, 0.15) is 72.1 Å². The smallest absolute Gasteiger partial charge is 0.249 e. The normalized spacial score (nSPS) is 38.4. The van der Waals surface area contributed by atoms with Crippen molar-refractivity contribution in [2.24, 2.45) is 17.8 Å². The van der Waals surface area contributed by atoms with E-state index in [1.54, 1.807) is 0 Å². The average molecular weight is 346 g/mol. The van der Waals surface area contributed by atoms with Gasteiger partial charge in [-0.05, 0) is 76.0 Å². The molecule has 2 N–H and O–H groups in total. The average Bonchev–Trinajstić information content (AvgIpc) is 3.38. The third-order valence-electron chi connectivity index (χ3n) is 7.25. The highest BCUT2D eigenvalue weighted by Gasteiger charge is 2.45. The van der Waals surface area contributed by atoms with Gasteiger partial charge < -0.3 is 4.90 Å². The number of carbonyl (C=O) groups is 1. The van der Waals surface area contributed by atoms with Gasteiger partial charge >= 0.3 is 0 Å². The Morgan fingerprint density at radius 3 is 2.52 bits per heavy atom.